The van der Waals surface area contributed by atoms with E-state index in [2.05, 4.69) is 0 Å². The molecule has 0 amide bonds. The monoisotopic (exact) mass is 235 g/mol. The Labute approximate surface area is 99.0 Å². The van der Waals surface area contributed by atoms with Gasteiger partial charge in [-0.3, -0.25) is 0 Å². The molecule has 90 valence electrons. The number of nitrogens with two attached hydrogens (primary N) is 1. The van der Waals surface area contributed by atoms with Gasteiger partial charge in [0.1, 0.15) is 23.9 Å². The van der Waals surface area contributed by atoms with Crippen molar-refractivity contribution in [1.29, 1.82) is 0 Å². The summed E-state index contributed by atoms with van der Waals surface area (Å²) < 4.78 is 23.5. The molecule has 4 heteroatoms. The molecule has 0 saturated carbocycles. The fraction of sp³-hybridized carbons (Fsp3) is 0.231. The van der Waals surface area contributed by atoms with Gasteiger partial charge in [-0.25, -0.2) is 4.39 Å². The predicted molar refractivity (Wildman–Crippen MR) is 61.9 cm³/mol. The molecule has 0 spiro atoms. The molecule has 0 bridgehead atoms. The number of benzene rings is 1. The minimum absolute atomic E-state index is 0.304. The fourth-order valence-corrected chi connectivity index (χ4v) is 1.65. The summed E-state index contributed by atoms with van der Waals surface area (Å²) in [6, 6.07) is 9.31. The molecule has 1 aromatic carbocycles. The number of hydrogen-bond acceptors (Lipinski definition) is 3. The van der Waals surface area contributed by atoms with E-state index in [1.807, 2.05) is 0 Å². The number of rotatable bonds is 4. The zero-order valence-corrected chi connectivity index (χ0v) is 9.52. The van der Waals surface area contributed by atoms with Gasteiger partial charge in [0.15, 0.2) is 0 Å². The Balaban J connectivity index is 2.21. The third-order valence-electron chi connectivity index (χ3n) is 2.48. The van der Waals surface area contributed by atoms with E-state index in [0.29, 0.717) is 23.7 Å². The molecule has 1 heterocycles. The molecule has 0 aliphatic heterocycles. The first kappa shape index (κ1) is 11.8. The molecule has 0 saturated heterocycles. The van der Waals surface area contributed by atoms with Crippen LogP contribution in [0, 0.1) is 5.82 Å². The highest BCUT2D eigenvalue weighted by Gasteiger charge is 2.13. The largest absolute Gasteiger partial charge is 0.462 e. The maximum absolute atomic E-state index is 13.1. The molecule has 1 aromatic heterocycles. The summed E-state index contributed by atoms with van der Waals surface area (Å²) in [7, 11) is 1.59. The quantitative estimate of drug-likeness (QED) is 0.886. The number of ether oxygens (including phenoxy) is 1. The molecular weight excluding hydrogens is 221 g/mol. The third-order valence-corrected chi connectivity index (χ3v) is 2.48. The van der Waals surface area contributed by atoms with Gasteiger partial charge in [-0.15, -0.1) is 0 Å². The van der Waals surface area contributed by atoms with E-state index >= 15 is 0 Å². The minimum atomic E-state index is -0.462. The van der Waals surface area contributed by atoms with Crippen LogP contribution in [-0.2, 0) is 11.3 Å². The van der Waals surface area contributed by atoms with Crippen molar-refractivity contribution in [3.05, 3.63) is 59.3 Å². The molecule has 1 unspecified atom stereocenters. The second-order valence-electron chi connectivity index (χ2n) is 3.77. The number of methoxy groups -OCH3 is 1. The summed E-state index contributed by atoms with van der Waals surface area (Å²) >= 11 is 0. The summed E-state index contributed by atoms with van der Waals surface area (Å²) in [6.07, 6.45) is 0. The van der Waals surface area contributed by atoms with E-state index in [9.17, 15) is 4.39 Å². The first-order chi connectivity index (χ1) is 8.20. The van der Waals surface area contributed by atoms with Gasteiger partial charge in [-0.05, 0) is 29.8 Å². The van der Waals surface area contributed by atoms with Gasteiger partial charge < -0.3 is 14.9 Å². The Bertz CT molecular complexity index is 496. The van der Waals surface area contributed by atoms with Crippen LogP contribution in [0.4, 0.5) is 4.39 Å². The average Bonchev–Trinajstić information content (AvgIpc) is 2.77. The molecule has 2 aromatic rings. The first-order valence-corrected chi connectivity index (χ1v) is 5.29. The summed E-state index contributed by atoms with van der Waals surface area (Å²) in [5.41, 5.74) is 6.68. The van der Waals surface area contributed by atoms with Crippen molar-refractivity contribution in [2.75, 3.05) is 7.11 Å². The van der Waals surface area contributed by atoms with Crippen LogP contribution in [0.15, 0.2) is 40.8 Å². The highest BCUT2D eigenvalue weighted by Crippen LogP contribution is 2.22. The van der Waals surface area contributed by atoms with Crippen LogP contribution in [0.3, 0.4) is 0 Å². The Morgan fingerprint density at radius 2 is 2.18 bits per heavy atom. The Morgan fingerprint density at radius 1 is 1.35 bits per heavy atom. The van der Waals surface area contributed by atoms with Crippen LogP contribution in [0.2, 0.25) is 0 Å². The molecular formula is C13H14FNO2. The standard InChI is InChI=1S/C13H14FNO2/c1-16-8-11-5-6-12(17-11)13(15)9-3-2-4-10(14)7-9/h2-7,13H,8,15H2,1H3. The molecule has 2 rings (SSSR count). The minimum Gasteiger partial charge on any atom is -0.462 e. The summed E-state index contributed by atoms with van der Waals surface area (Å²) in [6.45, 7) is 0.399. The zero-order valence-electron chi connectivity index (χ0n) is 9.52. The molecule has 0 aliphatic rings. The van der Waals surface area contributed by atoms with E-state index < -0.39 is 6.04 Å². The van der Waals surface area contributed by atoms with Gasteiger partial charge >= 0.3 is 0 Å². The maximum atomic E-state index is 13.1. The number of halogens is 1. The van der Waals surface area contributed by atoms with Crippen LogP contribution in [0.1, 0.15) is 23.1 Å². The van der Waals surface area contributed by atoms with Crippen molar-refractivity contribution < 1.29 is 13.5 Å². The topological polar surface area (TPSA) is 48.4 Å². The van der Waals surface area contributed by atoms with Crippen molar-refractivity contribution in [2.24, 2.45) is 5.73 Å². The Morgan fingerprint density at radius 3 is 2.88 bits per heavy atom. The SMILES string of the molecule is COCc1ccc(C(N)c2cccc(F)c2)o1. The van der Waals surface area contributed by atoms with Gasteiger partial charge in [-0.2, -0.15) is 0 Å². The normalized spacial score (nSPS) is 12.6. The summed E-state index contributed by atoms with van der Waals surface area (Å²) in [4.78, 5) is 0. The van der Waals surface area contributed by atoms with Gasteiger partial charge in [0.05, 0.1) is 6.04 Å². The fourth-order valence-electron chi connectivity index (χ4n) is 1.65. The molecule has 1 atom stereocenters. The number of furan rings is 1. The smallest absolute Gasteiger partial charge is 0.129 e. The summed E-state index contributed by atoms with van der Waals surface area (Å²) in [5, 5.41) is 0. The van der Waals surface area contributed by atoms with Crippen molar-refractivity contribution in [2.45, 2.75) is 12.6 Å². The van der Waals surface area contributed by atoms with Crippen molar-refractivity contribution >= 4 is 0 Å². The molecule has 0 aliphatic carbocycles. The molecule has 17 heavy (non-hydrogen) atoms. The average molecular weight is 235 g/mol. The molecule has 3 nitrogen and oxygen atoms in total. The van der Waals surface area contributed by atoms with Crippen molar-refractivity contribution in [1.82, 2.24) is 0 Å². The van der Waals surface area contributed by atoms with Gasteiger partial charge in [0.2, 0.25) is 0 Å². The lowest BCUT2D eigenvalue weighted by molar-refractivity contribution is 0.162. The van der Waals surface area contributed by atoms with E-state index in [-0.39, 0.29) is 5.82 Å². The van der Waals surface area contributed by atoms with Crippen molar-refractivity contribution in [3.63, 3.8) is 0 Å². The Kier molecular flexibility index (Phi) is 3.56. The van der Waals surface area contributed by atoms with Crippen molar-refractivity contribution in [3.8, 4) is 0 Å². The van der Waals surface area contributed by atoms with Crippen LogP contribution in [0.5, 0.6) is 0 Å². The summed E-state index contributed by atoms with van der Waals surface area (Å²) in [5.74, 6) is 0.999. The zero-order chi connectivity index (χ0) is 12.3. The molecule has 0 radical (unpaired) electrons. The highest BCUT2D eigenvalue weighted by atomic mass is 19.1. The van der Waals surface area contributed by atoms with Crippen LogP contribution in [-0.4, -0.2) is 7.11 Å². The van der Waals surface area contributed by atoms with Crippen LogP contribution in [0.25, 0.3) is 0 Å². The van der Waals surface area contributed by atoms with E-state index in [1.165, 1.54) is 12.1 Å². The Hall–Kier alpha value is -1.65. The second kappa shape index (κ2) is 5.12. The first-order valence-electron chi connectivity index (χ1n) is 5.29. The number of hydrogen-bond donors (Lipinski definition) is 1. The van der Waals surface area contributed by atoms with E-state index in [0.717, 1.165) is 0 Å². The van der Waals surface area contributed by atoms with Crippen LogP contribution >= 0.6 is 0 Å². The predicted octanol–water partition coefficient (Wildman–Crippen LogP) is 2.61. The van der Waals surface area contributed by atoms with Crippen LogP contribution < -0.4 is 5.73 Å². The molecule has 2 N–H and O–H groups in total. The van der Waals surface area contributed by atoms with Gasteiger partial charge in [-0.1, -0.05) is 12.1 Å². The van der Waals surface area contributed by atoms with E-state index in [4.69, 9.17) is 14.9 Å². The molecule has 0 fully saturated rings. The lowest BCUT2D eigenvalue weighted by Gasteiger charge is -2.09. The maximum Gasteiger partial charge on any atom is 0.129 e. The third kappa shape index (κ3) is 2.72. The second-order valence-corrected chi connectivity index (χ2v) is 3.77. The van der Waals surface area contributed by atoms with E-state index in [1.54, 1.807) is 31.4 Å². The van der Waals surface area contributed by atoms with Gasteiger partial charge in [0.25, 0.3) is 0 Å². The highest BCUT2D eigenvalue weighted by molar-refractivity contribution is 5.27. The van der Waals surface area contributed by atoms with Gasteiger partial charge in [0, 0.05) is 7.11 Å². The lowest BCUT2D eigenvalue weighted by Crippen LogP contribution is -2.11. The lowest BCUT2D eigenvalue weighted by atomic mass is 10.1.